The summed E-state index contributed by atoms with van der Waals surface area (Å²) in [6.07, 6.45) is 6.40. The SMILES string of the molecule is CC(C)C[C@@H](NC(=O)NCC1(C)CCCCC1)C(=O)O. The van der Waals surface area contributed by atoms with Gasteiger partial charge in [0.1, 0.15) is 6.04 Å². The number of carboxylic acids is 1. The van der Waals surface area contributed by atoms with Crippen LogP contribution in [0.3, 0.4) is 0 Å². The van der Waals surface area contributed by atoms with Crippen LogP contribution in [0.1, 0.15) is 59.3 Å². The van der Waals surface area contributed by atoms with Gasteiger partial charge in [0.25, 0.3) is 0 Å². The molecule has 0 saturated heterocycles. The van der Waals surface area contributed by atoms with Crippen molar-refractivity contribution in [1.29, 1.82) is 0 Å². The number of nitrogens with one attached hydrogen (secondary N) is 2. The summed E-state index contributed by atoms with van der Waals surface area (Å²) in [5, 5.41) is 14.5. The van der Waals surface area contributed by atoms with E-state index in [0.29, 0.717) is 13.0 Å². The van der Waals surface area contributed by atoms with Gasteiger partial charge in [-0.25, -0.2) is 9.59 Å². The van der Waals surface area contributed by atoms with E-state index in [0.717, 1.165) is 12.8 Å². The Morgan fingerprint density at radius 3 is 2.30 bits per heavy atom. The van der Waals surface area contributed by atoms with Gasteiger partial charge < -0.3 is 15.7 Å². The van der Waals surface area contributed by atoms with Gasteiger partial charge in [-0.1, -0.05) is 40.0 Å². The van der Waals surface area contributed by atoms with Crippen molar-refractivity contribution in [2.45, 2.75) is 65.3 Å². The summed E-state index contributed by atoms with van der Waals surface area (Å²) in [7, 11) is 0. The zero-order valence-electron chi connectivity index (χ0n) is 12.9. The smallest absolute Gasteiger partial charge is 0.326 e. The Kier molecular flexibility index (Phi) is 6.30. The maximum absolute atomic E-state index is 11.8. The molecule has 0 spiro atoms. The van der Waals surface area contributed by atoms with E-state index in [-0.39, 0.29) is 17.4 Å². The van der Waals surface area contributed by atoms with Gasteiger partial charge >= 0.3 is 12.0 Å². The van der Waals surface area contributed by atoms with Crippen LogP contribution in [0.25, 0.3) is 0 Å². The molecule has 1 rings (SSSR count). The Hall–Kier alpha value is -1.26. The maximum Gasteiger partial charge on any atom is 0.326 e. The quantitative estimate of drug-likeness (QED) is 0.701. The Bertz CT molecular complexity index is 336. The molecule has 1 saturated carbocycles. The fourth-order valence-corrected chi connectivity index (χ4v) is 2.78. The summed E-state index contributed by atoms with van der Waals surface area (Å²) in [4.78, 5) is 22.9. The molecule has 1 fully saturated rings. The average molecular weight is 284 g/mol. The molecular weight excluding hydrogens is 256 g/mol. The molecule has 1 aliphatic carbocycles. The van der Waals surface area contributed by atoms with E-state index in [1.807, 2.05) is 13.8 Å². The Morgan fingerprint density at radius 1 is 1.20 bits per heavy atom. The number of carbonyl (C=O) groups excluding carboxylic acids is 1. The minimum atomic E-state index is -0.974. The maximum atomic E-state index is 11.8. The highest BCUT2D eigenvalue weighted by Crippen LogP contribution is 2.34. The van der Waals surface area contributed by atoms with Crippen LogP contribution in [0.15, 0.2) is 0 Å². The molecule has 20 heavy (non-hydrogen) atoms. The van der Waals surface area contributed by atoms with E-state index < -0.39 is 12.0 Å². The lowest BCUT2D eigenvalue weighted by atomic mass is 9.76. The molecule has 1 aliphatic rings. The molecule has 2 amide bonds. The molecule has 0 bridgehead atoms. The van der Waals surface area contributed by atoms with Gasteiger partial charge in [-0.2, -0.15) is 0 Å². The van der Waals surface area contributed by atoms with Crippen LogP contribution in [-0.4, -0.2) is 29.7 Å². The Balaban J connectivity index is 2.39. The number of carboxylic acid groups (broad SMARTS) is 1. The predicted molar refractivity (Wildman–Crippen MR) is 78.6 cm³/mol. The first kappa shape index (κ1) is 16.8. The number of carbonyl (C=O) groups is 2. The molecule has 0 unspecified atom stereocenters. The zero-order valence-corrected chi connectivity index (χ0v) is 12.9. The van der Waals surface area contributed by atoms with Gasteiger partial charge in [0.15, 0.2) is 0 Å². The van der Waals surface area contributed by atoms with Crippen molar-refractivity contribution in [2.75, 3.05) is 6.54 Å². The van der Waals surface area contributed by atoms with Crippen LogP contribution in [0.5, 0.6) is 0 Å². The Morgan fingerprint density at radius 2 is 1.80 bits per heavy atom. The lowest BCUT2D eigenvalue weighted by Crippen LogP contribution is -2.49. The van der Waals surface area contributed by atoms with Gasteiger partial charge in [0.05, 0.1) is 0 Å². The van der Waals surface area contributed by atoms with Gasteiger partial charge in [-0.05, 0) is 30.6 Å². The predicted octanol–water partition coefficient (Wildman–Crippen LogP) is 2.76. The standard InChI is InChI=1S/C15H28N2O3/c1-11(2)9-12(13(18)19)17-14(20)16-10-15(3)7-5-4-6-8-15/h11-12H,4-10H2,1-3H3,(H,18,19)(H2,16,17,20)/t12-/m1/s1. The van der Waals surface area contributed by atoms with Crippen molar-refractivity contribution in [3.8, 4) is 0 Å². The molecule has 0 aliphatic heterocycles. The second-order valence-corrected chi connectivity index (χ2v) is 6.72. The molecule has 116 valence electrons. The van der Waals surface area contributed by atoms with Crippen molar-refractivity contribution in [1.82, 2.24) is 10.6 Å². The van der Waals surface area contributed by atoms with Gasteiger partial charge in [-0.15, -0.1) is 0 Å². The topological polar surface area (TPSA) is 78.4 Å². The van der Waals surface area contributed by atoms with Gasteiger partial charge in [0.2, 0.25) is 0 Å². The highest BCUT2D eigenvalue weighted by Gasteiger charge is 2.28. The van der Waals surface area contributed by atoms with Crippen LogP contribution in [0, 0.1) is 11.3 Å². The Labute approximate surface area is 121 Å². The van der Waals surface area contributed by atoms with E-state index >= 15 is 0 Å². The first-order valence-electron chi connectivity index (χ1n) is 7.59. The molecule has 5 nitrogen and oxygen atoms in total. The van der Waals surface area contributed by atoms with Gasteiger partial charge in [-0.3, -0.25) is 0 Å². The van der Waals surface area contributed by atoms with Crippen molar-refractivity contribution in [3.05, 3.63) is 0 Å². The van der Waals surface area contributed by atoms with Crippen molar-refractivity contribution < 1.29 is 14.7 Å². The van der Waals surface area contributed by atoms with Gasteiger partial charge in [0, 0.05) is 6.54 Å². The summed E-state index contributed by atoms with van der Waals surface area (Å²) in [6, 6.07) is -1.18. The van der Waals surface area contributed by atoms with E-state index in [1.54, 1.807) is 0 Å². The lowest BCUT2D eigenvalue weighted by Gasteiger charge is -2.33. The molecule has 0 aromatic rings. The van der Waals surface area contributed by atoms with Crippen molar-refractivity contribution >= 4 is 12.0 Å². The fraction of sp³-hybridized carbons (Fsp3) is 0.867. The molecular formula is C15H28N2O3. The summed E-state index contributed by atoms with van der Waals surface area (Å²) >= 11 is 0. The molecule has 5 heteroatoms. The second kappa shape index (κ2) is 7.50. The summed E-state index contributed by atoms with van der Waals surface area (Å²) in [5.41, 5.74) is 0.159. The van der Waals surface area contributed by atoms with Crippen molar-refractivity contribution in [2.24, 2.45) is 11.3 Å². The van der Waals surface area contributed by atoms with E-state index in [2.05, 4.69) is 17.6 Å². The summed E-state index contributed by atoms with van der Waals surface area (Å²) < 4.78 is 0. The minimum Gasteiger partial charge on any atom is -0.480 e. The van der Waals surface area contributed by atoms with Crippen LogP contribution >= 0.6 is 0 Å². The summed E-state index contributed by atoms with van der Waals surface area (Å²) in [5.74, 6) is -0.745. The molecule has 0 aromatic heterocycles. The zero-order chi connectivity index (χ0) is 15.2. The van der Waals surface area contributed by atoms with Crippen LogP contribution < -0.4 is 10.6 Å². The van der Waals surface area contributed by atoms with Crippen LogP contribution in [0.2, 0.25) is 0 Å². The lowest BCUT2D eigenvalue weighted by molar-refractivity contribution is -0.139. The third-order valence-corrected chi connectivity index (χ3v) is 4.05. The van der Waals surface area contributed by atoms with Crippen molar-refractivity contribution in [3.63, 3.8) is 0 Å². The first-order chi connectivity index (χ1) is 9.32. The van der Waals surface area contributed by atoms with Crippen LogP contribution in [0.4, 0.5) is 4.79 Å². The summed E-state index contributed by atoms with van der Waals surface area (Å²) in [6.45, 7) is 6.69. The van der Waals surface area contributed by atoms with E-state index in [1.165, 1.54) is 19.3 Å². The number of urea groups is 1. The van der Waals surface area contributed by atoms with E-state index in [4.69, 9.17) is 5.11 Å². The number of aliphatic carboxylic acids is 1. The molecule has 1 atom stereocenters. The number of amides is 2. The largest absolute Gasteiger partial charge is 0.480 e. The number of hydrogen-bond donors (Lipinski definition) is 3. The molecule has 0 radical (unpaired) electrons. The third kappa shape index (κ3) is 5.80. The third-order valence-electron chi connectivity index (χ3n) is 4.05. The minimum absolute atomic E-state index is 0.159. The second-order valence-electron chi connectivity index (χ2n) is 6.72. The number of rotatable bonds is 6. The monoisotopic (exact) mass is 284 g/mol. The van der Waals surface area contributed by atoms with Crippen LogP contribution in [-0.2, 0) is 4.79 Å². The normalized spacial score (nSPS) is 19.4. The molecule has 0 heterocycles. The molecule has 0 aromatic carbocycles. The average Bonchev–Trinajstić information content (AvgIpc) is 2.36. The highest BCUT2D eigenvalue weighted by molar-refractivity contribution is 5.82. The number of hydrogen-bond acceptors (Lipinski definition) is 2. The highest BCUT2D eigenvalue weighted by atomic mass is 16.4. The van der Waals surface area contributed by atoms with E-state index in [9.17, 15) is 9.59 Å². The fourth-order valence-electron chi connectivity index (χ4n) is 2.78. The molecule has 3 N–H and O–H groups in total. The first-order valence-corrected chi connectivity index (χ1v) is 7.59.